The lowest BCUT2D eigenvalue weighted by molar-refractivity contribution is -0.721. The fourth-order valence-corrected chi connectivity index (χ4v) is 8.01. The molecule has 1 aromatic carbocycles. The molecule has 31 heavy (non-hydrogen) atoms. The molecule has 1 aromatic heterocycles. The Bertz CT molecular complexity index is 1100. The number of benzene rings is 1. The van der Waals surface area contributed by atoms with Crippen LogP contribution in [-0.4, -0.2) is 32.2 Å². The van der Waals surface area contributed by atoms with Gasteiger partial charge in [0.05, 0.1) is 11.5 Å². The molecule has 1 fully saturated rings. The summed E-state index contributed by atoms with van der Waals surface area (Å²) in [6, 6.07) is 6.34. The molecule has 3 aliphatic carbocycles. The summed E-state index contributed by atoms with van der Waals surface area (Å²) in [7, 11) is 4.26. The minimum atomic E-state index is -1.25. The molecule has 3 aliphatic rings. The zero-order chi connectivity index (χ0) is 22.8. The average Bonchev–Trinajstić information content (AvgIpc) is 3.11. The molecule has 2 aromatic rings. The minimum absolute atomic E-state index is 0.137. The van der Waals surface area contributed by atoms with Gasteiger partial charge in [0.25, 0.3) is 0 Å². The van der Waals surface area contributed by atoms with E-state index in [1.807, 2.05) is 11.4 Å². The Hall–Kier alpha value is -1.33. The largest absolute Gasteiger partial charge is 0.470 e. The molecule has 5 N–H and O–H groups in total. The molecule has 0 bridgehead atoms. The predicted octanol–water partition coefficient (Wildman–Crippen LogP) is 3.60. The molecular weight excluding hydrogens is 408 g/mol. The Balaban J connectivity index is 2.05. The highest BCUT2D eigenvalue weighted by molar-refractivity contribution is 6.21. The number of halogens is 1. The molecule has 0 saturated heterocycles. The highest BCUT2D eigenvalue weighted by Gasteiger charge is 2.76. The summed E-state index contributed by atoms with van der Waals surface area (Å²) >= 11 is 7.15. The van der Waals surface area contributed by atoms with Crippen LogP contribution in [-0.2, 0) is 16.4 Å². The third-order valence-corrected chi connectivity index (χ3v) is 10.4. The van der Waals surface area contributed by atoms with Gasteiger partial charge in [-0.25, -0.2) is 0 Å². The number of hydrogen-bond acceptors (Lipinski definition) is 2. The van der Waals surface area contributed by atoms with Gasteiger partial charge in [-0.1, -0.05) is 45.9 Å². The standard InChI is InChI=1S/C26H35ClN2O2/c1-8-24(6)17(27)12-16-22(2,3)14-10-9-11-15-19(14)20-21(29-15)23(4,5)18(30)13-25(24,28-7)26(16,20)31/h8-11,16-18,29-31H,1,7,12-13,28H2,2-6H3. The number of H-pyrrole nitrogens is 1. The second-order valence-electron chi connectivity index (χ2n) is 11.5. The van der Waals surface area contributed by atoms with Crippen LogP contribution < -0.4 is 5.32 Å². The highest BCUT2D eigenvalue weighted by Crippen LogP contribution is 2.68. The van der Waals surface area contributed by atoms with Gasteiger partial charge in [-0.2, -0.15) is 7.05 Å². The van der Waals surface area contributed by atoms with E-state index in [2.05, 4.69) is 71.4 Å². The first kappa shape index (κ1) is 21.5. The van der Waals surface area contributed by atoms with Crippen LogP contribution >= 0.6 is 11.6 Å². The maximum absolute atomic E-state index is 13.1. The topological polar surface area (TPSA) is 72.9 Å². The number of aliphatic hydroxyl groups is 2. The first-order chi connectivity index (χ1) is 14.3. The van der Waals surface area contributed by atoms with Crippen molar-refractivity contribution in [2.75, 3.05) is 0 Å². The van der Waals surface area contributed by atoms with Gasteiger partial charge in [-0.3, -0.25) is 0 Å². The van der Waals surface area contributed by atoms with Crippen LogP contribution in [0.15, 0.2) is 30.9 Å². The van der Waals surface area contributed by atoms with Gasteiger partial charge in [0, 0.05) is 45.3 Å². The van der Waals surface area contributed by atoms with Crippen molar-refractivity contribution in [1.82, 2.24) is 4.98 Å². The summed E-state index contributed by atoms with van der Waals surface area (Å²) in [6.45, 7) is 14.8. The molecule has 1 saturated carbocycles. The zero-order valence-electron chi connectivity index (χ0n) is 19.2. The maximum atomic E-state index is 13.1. The van der Waals surface area contributed by atoms with Crippen molar-refractivity contribution >= 4 is 22.5 Å². The van der Waals surface area contributed by atoms with Crippen molar-refractivity contribution in [2.24, 2.45) is 11.3 Å². The van der Waals surface area contributed by atoms with Gasteiger partial charge in [-0.05, 0) is 30.4 Å². The molecule has 0 aliphatic heterocycles. The summed E-state index contributed by atoms with van der Waals surface area (Å²) in [5.41, 5.74) is 0.432. The summed E-state index contributed by atoms with van der Waals surface area (Å²) in [5, 5.41) is 27.5. The van der Waals surface area contributed by atoms with Gasteiger partial charge < -0.3 is 20.5 Å². The third-order valence-electron chi connectivity index (χ3n) is 9.77. The Labute approximate surface area is 190 Å². The fraction of sp³-hybridized carbons (Fsp3) is 0.577. The number of rotatable bonds is 2. The molecule has 4 nitrogen and oxygen atoms in total. The monoisotopic (exact) mass is 442 g/mol. The van der Waals surface area contributed by atoms with Crippen molar-refractivity contribution < 1.29 is 15.5 Å². The molecule has 5 heteroatoms. The molecule has 0 radical (unpaired) electrons. The normalized spacial score (nSPS) is 42.3. The van der Waals surface area contributed by atoms with Crippen molar-refractivity contribution in [3.63, 3.8) is 0 Å². The highest BCUT2D eigenvalue weighted by atomic mass is 35.5. The number of aromatic amines is 1. The first-order valence-electron chi connectivity index (χ1n) is 11.3. The second-order valence-corrected chi connectivity index (χ2v) is 12.0. The van der Waals surface area contributed by atoms with Crippen LogP contribution in [0.4, 0.5) is 0 Å². The lowest BCUT2D eigenvalue weighted by atomic mass is 9.43. The molecule has 1 heterocycles. The summed E-state index contributed by atoms with van der Waals surface area (Å²) in [6.07, 6.45) is 2.21. The Kier molecular flexibility index (Phi) is 4.14. The van der Waals surface area contributed by atoms with Crippen LogP contribution in [0.1, 0.15) is 64.3 Å². The predicted molar refractivity (Wildman–Crippen MR) is 125 cm³/mol. The van der Waals surface area contributed by atoms with Crippen molar-refractivity contribution in [1.29, 1.82) is 0 Å². The van der Waals surface area contributed by atoms with E-state index in [1.165, 1.54) is 5.56 Å². The Morgan fingerprint density at radius 3 is 2.52 bits per heavy atom. The van der Waals surface area contributed by atoms with Gasteiger partial charge in [0.1, 0.15) is 11.1 Å². The molecule has 6 atom stereocenters. The Morgan fingerprint density at radius 1 is 1.23 bits per heavy atom. The van der Waals surface area contributed by atoms with E-state index in [4.69, 9.17) is 11.6 Å². The molecule has 0 spiro atoms. The van der Waals surface area contributed by atoms with Crippen LogP contribution in [0.5, 0.6) is 0 Å². The Morgan fingerprint density at radius 2 is 1.90 bits per heavy atom. The van der Waals surface area contributed by atoms with Gasteiger partial charge in [-0.15, -0.1) is 18.2 Å². The van der Waals surface area contributed by atoms with Crippen molar-refractivity contribution in [3.8, 4) is 0 Å². The molecule has 6 unspecified atom stereocenters. The van der Waals surface area contributed by atoms with Crippen LogP contribution in [0.2, 0.25) is 0 Å². The summed E-state index contributed by atoms with van der Waals surface area (Å²) in [4.78, 5) is 3.63. The zero-order valence-corrected chi connectivity index (χ0v) is 20.0. The third kappa shape index (κ3) is 2.05. The number of aliphatic hydroxyl groups excluding tert-OH is 1. The smallest absolute Gasteiger partial charge is 0.149 e. The average molecular weight is 443 g/mol. The number of hydrogen-bond donors (Lipinski definition) is 4. The van der Waals surface area contributed by atoms with E-state index in [1.54, 1.807) is 0 Å². The number of nitrogens with two attached hydrogens (primary N) is 1. The SMILES string of the molecule is C=CC1(C)C(Cl)CC2C(C)(C)c3cccc4[nH]c5c(c34)C2(O)C1([NH2+][CH2-])CC(O)C5(C)C. The van der Waals surface area contributed by atoms with E-state index in [0.717, 1.165) is 22.2 Å². The molecule has 0 amide bonds. The minimum Gasteiger partial charge on any atom is -0.470 e. The fourth-order valence-electron chi connectivity index (χ4n) is 7.55. The van der Waals surface area contributed by atoms with Gasteiger partial charge in [0.2, 0.25) is 0 Å². The van der Waals surface area contributed by atoms with E-state index in [9.17, 15) is 10.2 Å². The van der Waals surface area contributed by atoms with Crippen molar-refractivity contribution in [3.05, 3.63) is 54.7 Å². The number of aromatic nitrogens is 1. The van der Waals surface area contributed by atoms with Gasteiger partial charge >= 0.3 is 0 Å². The van der Waals surface area contributed by atoms with Crippen LogP contribution in [0, 0.1) is 18.4 Å². The number of nitrogens with one attached hydrogen (secondary N) is 1. The van der Waals surface area contributed by atoms with Crippen LogP contribution in [0.25, 0.3) is 10.9 Å². The van der Waals surface area contributed by atoms with E-state index >= 15 is 0 Å². The van der Waals surface area contributed by atoms with Crippen LogP contribution in [0.3, 0.4) is 0 Å². The molecule has 168 valence electrons. The summed E-state index contributed by atoms with van der Waals surface area (Å²) in [5.74, 6) is -0.137. The number of alkyl halides is 1. The lowest BCUT2D eigenvalue weighted by Crippen LogP contribution is -3.03. The molecular formula is C26H35ClN2O2. The quantitative estimate of drug-likeness (QED) is 0.326. The van der Waals surface area contributed by atoms with Gasteiger partial charge in [0.15, 0.2) is 0 Å². The first-order valence-corrected chi connectivity index (χ1v) is 11.8. The summed E-state index contributed by atoms with van der Waals surface area (Å²) < 4.78 is 0. The van der Waals surface area contributed by atoms with Crippen molar-refractivity contribution in [2.45, 2.75) is 80.9 Å². The van der Waals surface area contributed by atoms with E-state index in [0.29, 0.717) is 12.8 Å². The molecule has 5 rings (SSSR count). The second kappa shape index (κ2) is 5.96. The van der Waals surface area contributed by atoms with E-state index in [-0.39, 0.29) is 16.7 Å². The maximum Gasteiger partial charge on any atom is 0.149 e. The number of quaternary nitrogens is 1. The van der Waals surface area contributed by atoms with E-state index < -0.39 is 28.1 Å². The lowest BCUT2D eigenvalue weighted by Gasteiger charge is -2.66.